The Balaban J connectivity index is 1.49. The first-order valence-corrected chi connectivity index (χ1v) is 9.79. The van der Waals surface area contributed by atoms with Crippen molar-refractivity contribution in [2.75, 3.05) is 0 Å². The molecule has 0 aliphatic carbocycles. The molecule has 150 valence electrons. The summed E-state index contributed by atoms with van der Waals surface area (Å²) >= 11 is 0. The van der Waals surface area contributed by atoms with Crippen LogP contribution in [0.1, 0.15) is 16.2 Å². The molecule has 0 aliphatic heterocycles. The molecule has 2 aromatic heterocycles. The van der Waals surface area contributed by atoms with Gasteiger partial charge in [-0.05, 0) is 24.3 Å². The van der Waals surface area contributed by atoms with E-state index in [9.17, 15) is 9.59 Å². The summed E-state index contributed by atoms with van der Waals surface area (Å²) in [4.78, 5) is 37.0. The van der Waals surface area contributed by atoms with Crippen molar-refractivity contribution >= 4 is 27.8 Å². The van der Waals surface area contributed by atoms with Crippen molar-refractivity contribution in [1.29, 1.82) is 0 Å². The van der Waals surface area contributed by atoms with Crippen LogP contribution in [0.5, 0.6) is 0 Å². The van der Waals surface area contributed by atoms with E-state index in [1.54, 1.807) is 30.3 Å². The van der Waals surface area contributed by atoms with E-state index in [1.165, 1.54) is 0 Å². The second-order valence-electron chi connectivity index (χ2n) is 7.04. The zero-order valence-electron chi connectivity index (χ0n) is 16.4. The molecule has 6 heteroatoms. The first-order valence-electron chi connectivity index (χ1n) is 9.79. The lowest BCUT2D eigenvalue weighted by atomic mass is 10.0. The second kappa shape index (κ2) is 7.84. The number of rotatable bonds is 4. The average molecular weight is 407 g/mol. The van der Waals surface area contributed by atoms with Crippen molar-refractivity contribution in [3.05, 3.63) is 107 Å². The number of carbonyl (C=O) groups excluding carboxylic acids is 1. The number of pyridine rings is 1. The summed E-state index contributed by atoms with van der Waals surface area (Å²) in [6.07, 6.45) is 0. The number of esters is 1. The van der Waals surface area contributed by atoms with Crippen LogP contribution in [0.3, 0.4) is 0 Å². The number of H-pyrrole nitrogens is 1. The van der Waals surface area contributed by atoms with Crippen molar-refractivity contribution < 1.29 is 9.53 Å². The third kappa shape index (κ3) is 3.67. The van der Waals surface area contributed by atoms with Gasteiger partial charge in [-0.25, -0.2) is 14.8 Å². The van der Waals surface area contributed by atoms with Crippen LogP contribution in [-0.4, -0.2) is 20.9 Å². The predicted molar refractivity (Wildman–Crippen MR) is 119 cm³/mol. The normalized spacial score (nSPS) is 11.0. The van der Waals surface area contributed by atoms with Crippen LogP contribution in [0.25, 0.3) is 33.1 Å². The van der Waals surface area contributed by atoms with E-state index in [0.29, 0.717) is 38.9 Å². The van der Waals surface area contributed by atoms with E-state index < -0.39 is 5.97 Å². The second-order valence-corrected chi connectivity index (χ2v) is 7.04. The van der Waals surface area contributed by atoms with Crippen LogP contribution in [0.15, 0.2) is 89.7 Å². The van der Waals surface area contributed by atoms with Crippen molar-refractivity contribution in [3.8, 4) is 11.3 Å². The molecule has 2 heterocycles. The van der Waals surface area contributed by atoms with Crippen LogP contribution < -0.4 is 5.56 Å². The third-order valence-corrected chi connectivity index (χ3v) is 5.01. The number of aromatic amines is 1. The molecule has 31 heavy (non-hydrogen) atoms. The highest BCUT2D eigenvalue weighted by atomic mass is 16.5. The fourth-order valence-electron chi connectivity index (χ4n) is 3.52. The van der Waals surface area contributed by atoms with Crippen molar-refractivity contribution in [1.82, 2.24) is 15.0 Å². The Hall–Kier alpha value is -4.32. The summed E-state index contributed by atoms with van der Waals surface area (Å²) < 4.78 is 5.52. The number of para-hydroxylation sites is 2. The number of hydrogen-bond acceptors (Lipinski definition) is 5. The van der Waals surface area contributed by atoms with E-state index in [4.69, 9.17) is 4.74 Å². The van der Waals surface area contributed by atoms with E-state index in [1.807, 2.05) is 54.6 Å². The summed E-state index contributed by atoms with van der Waals surface area (Å²) in [6.45, 7) is -0.143. The average Bonchev–Trinajstić information content (AvgIpc) is 2.82. The van der Waals surface area contributed by atoms with Crippen LogP contribution in [0, 0.1) is 0 Å². The van der Waals surface area contributed by atoms with Gasteiger partial charge in [0.2, 0.25) is 0 Å². The molecule has 0 amide bonds. The number of nitrogens with zero attached hydrogens (tertiary/aromatic N) is 2. The molecule has 0 saturated heterocycles. The van der Waals surface area contributed by atoms with Gasteiger partial charge in [-0.2, -0.15) is 0 Å². The van der Waals surface area contributed by atoms with E-state index in [2.05, 4.69) is 15.0 Å². The molecule has 0 bridgehead atoms. The largest absolute Gasteiger partial charge is 0.454 e. The molecule has 1 N–H and O–H groups in total. The Morgan fingerprint density at radius 2 is 1.45 bits per heavy atom. The smallest absolute Gasteiger partial charge is 0.339 e. The van der Waals surface area contributed by atoms with Gasteiger partial charge >= 0.3 is 5.97 Å². The summed E-state index contributed by atoms with van der Waals surface area (Å²) in [7, 11) is 0. The molecular weight excluding hydrogens is 390 g/mol. The number of aromatic nitrogens is 3. The molecule has 0 unspecified atom stereocenters. The summed E-state index contributed by atoms with van der Waals surface area (Å²) in [5.74, 6) is -0.217. The summed E-state index contributed by atoms with van der Waals surface area (Å²) in [6, 6.07) is 25.8. The highest BCUT2D eigenvalue weighted by Crippen LogP contribution is 2.25. The Kier molecular flexibility index (Phi) is 4.72. The van der Waals surface area contributed by atoms with Crippen LogP contribution in [-0.2, 0) is 11.3 Å². The quantitative estimate of drug-likeness (QED) is 0.444. The van der Waals surface area contributed by atoms with Gasteiger partial charge in [-0.1, -0.05) is 60.7 Å². The van der Waals surface area contributed by atoms with Gasteiger partial charge in [0.05, 0.1) is 27.7 Å². The lowest BCUT2D eigenvalue weighted by Gasteiger charge is -2.10. The molecule has 0 radical (unpaired) electrons. The predicted octanol–water partition coefficient (Wildman–Crippen LogP) is 4.50. The number of nitrogens with one attached hydrogen (secondary N) is 1. The van der Waals surface area contributed by atoms with Crippen molar-refractivity contribution in [3.63, 3.8) is 0 Å². The van der Waals surface area contributed by atoms with Gasteiger partial charge in [-0.15, -0.1) is 0 Å². The molecular formula is C25H17N3O3. The van der Waals surface area contributed by atoms with Gasteiger partial charge in [0.15, 0.2) is 0 Å². The lowest BCUT2D eigenvalue weighted by molar-refractivity contribution is 0.0464. The van der Waals surface area contributed by atoms with Gasteiger partial charge in [0.25, 0.3) is 5.56 Å². The van der Waals surface area contributed by atoms with Gasteiger partial charge in [-0.3, -0.25) is 4.79 Å². The maximum Gasteiger partial charge on any atom is 0.339 e. The van der Waals surface area contributed by atoms with Crippen molar-refractivity contribution in [2.24, 2.45) is 0 Å². The minimum absolute atomic E-state index is 0.143. The van der Waals surface area contributed by atoms with Crippen LogP contribution in [0.2, 0.25) is 0 Å². The number of fused-ring (bicyclic) bond motifs is 2. The van der Waals surface area contributed by atoms with Gasteiger partial charge in [0, 0.05) is 10.9 Å². The van der Waals surface area contributed by atoms with E-state index in [-0.39, 0.29) is 12.2 Å². The third-order valence-electron chi connectivity index (χ3n) is 5.01. The van der Waals surface area contributed by atoms with Crippen LogP contribution in [0.4, 0.5) is 0 Å². The molecule has 0 atom stereocenters. The molecule has 6 nitrogen and oxygen atoms in total. The summed E-state index contributed by atoms with van der Waals surface area (Å²) in [5, 5.41) is 1.19. The molecule has 0 saturated carbocycles. The fraction of sp³-hybridized carbons (Fsp3) is 0.0400. The van der Waals surface area contributed by atoms with E-state index in [0.717, 1.165) is 5.56 Å². The first-order chi connectivity index (χ1) is 15.2. The molecule has 3 aromatic carbocycles. The molecule has 0 fully saturated rings. The van der Waals surface area contributed by atoms with Gasteiger partial charge < -0.3 is 9.72 Å². The van der Waals surface area contributed by atoms with Crippen LogP contribution >= 0.6 is 0 Å². The zero-order valence-corrected chi connectivity index (χ0v) is 16.4. The topological polar surface area (TPSA) is 84.9 Å². The highest BCUT2D eigenvalue weighted by molar-refractivity contribution is 6.04. The summed E-state index contributed by atoms with van der Waals surface area (Å²) in [5.41, 5.74) is 2.99. The SMILES string of the molecule is O=C(OCc1nc2ccccc2c(=O)[nH]1)c1cc(-c2ccccc2)nc2ccccc12. The minimum Gasteiger partial charge on any atom is -0.454 e. The van der Waals surface area contributed by atoms with Gasteiger partial charge in [0.1, 0.15) is 12.4 Å². The molecule has 0 aliphatic rings. The highest BCUT2D eigenvalue weighted by Gasteiger charge is 2.16. The zero-order chi connectivity index (χ0) is 21.2. The number of benzene rings is 3. The molecule has 5 rings (SSSR count). The Morgan fingerprint density at radius 3 is 2.23 bits per heavy atom. The minimum atomic E-state index is -0.508. The first kappa shape index (κ1) is 18.7. The number of hydrogen-bond donors (Lipinski definition) is 1. The number of ether oxygens (including phenoxy) is 1. The maximum atomic E-state index is 13.0. The number of carbonyl (C=O) groups is 1. The monoisotopic (exact) mass is 407 g/mol. The molecule has 0 spiro atoms. The molecule has 5 aromatic rings. The van der Waals surface area contributed by atoms with E-state index >= 15 is 0 Å². The Morgan fingerprint density at radius 1 is 0.806 bits per heavy atom. The lowest BCUT2D eigenvalue weighted by Crippen LogP contribution is -2.14. The Labute approximate surface area is 177 Å². The fourth-order valence-corrected chi connectivity index (χ4v) is 3.52. The standard InChI is InChI=1S/C25H17N3O3/c29-24-18-11-5-7-13-21(18)27-23(28-24)15-31-25(30)19-14-22(16-8-2-1-3-9-16)26-20-12-6-4-10-17(19)20/h1-14H,15H2,(H,27,28,29). The van der Waals surface area contributed by atoms with Crippen molar-refractivity contribution in [2.45, 2.75) is 6.61 Å². The Bertz CT molecular complexity index is 1480. The maximum absolute atomic E-state index is 13.0.